The number of nitrogens with two attached hydrogens (primary N) is 1. The number of hydrogen-bond donors (Lipinski definition) is 2. The zero-order valence-corrected chi connectivity index (χ0v) is 9.56. The molecule has 16 heavy (non-hydrogen) atoms. The number of benzene rings is 1. The Kier molecular flexibility index (Phi) is 4.97. The van der Waals surface area contributed by atoms with Crippen LogP contribution in [0.25, 0.3) is 0 Å². The monoisotopic (exact) mass is 218 g/mol. The Morgan fingerprint density at radius 2 is 2.00 bits per heavy atom. The van der Waals surface area contributed by atoms with Crippen molar-refractivity contribution in [3.8, 4) is 6.07 Å². The summed E-state index contributed by atoms with van der Waals surface area (Å²) in [5.74, 6) is 0.499. The number of aliphatic hydroxyl groups excluding tert-OH is 1. The lowest BCUT2D eigenvalue weighted by atomic mass is 9.89. The van der Waals surface area contributed by atoms with Crippen LogP contribution in [0.2, 0.25) is 0 Å². The molecule has 86 valence electrons. The highest BCUT2D eigenvalue weighted by molar-refractivity contribution is 5.31. The smallest absolute Gasteiger partial charge is 0.0991 e. The van der Waals surface area contributed by atoms with E-state index in [-0.39, 0.29) is 12.5 Å². The van der Waals surface area contributed by atoms with E-state index in [1.165, 1.54) is 5.56 Å². The summed E-state index contributed by atoms with van der Waals surface area (Å²) in [4.78, 5) is 0. The molecule has 2 unspecified atom stereocenters. The zero-order chi connectivity index (χ0) is 12.0. The molecule has 1 aromatic carbocycles. The summed E-state index contributed by atoms with van der Waals surface area (Å²) in [5.41, 5.74) is 7.43. The molecular weight excluding hydrogens is 200 g/mol. The lowest BCUT2D eigenvalue weighted by molar-refractivity contribution is 0.187. The fourth-order valence-corrected chi connectivity index (χ4v) is 1.74. The van der Waals surface area contributed by atoms with Crippen LogP contribution in [0.15, 0.2) is 24.3 Å². The first-order valence-corrected chi connectivity index (χ1v) is 5.51. The fraction of sp³-hybridized carbons (Fsp3) is 0.462. The molecule has 3 heteroatoms. The Bertz CT molecular complexity index is 349. The topological polar surface area (TPSA) is 70.0 Å². The van der Waals surface area contributed by atoms with Crippen molar-refractivity contribution in [2.45, 2.75) is 13.3 Å². The largest absolute Gasteiger partial charge is 0.396 e. The number of nitrogens with zero attached hydrogens (tertiary/aromatic N) is 1. The van der Waals surface area contributed by atoms with Gasteiger partial charge in [-0.1, -0.05) is 19.1 Å². The Balaban J connectivity index is 2.62. The molecule has 0 bridgehead atoms. The molecule has 3 N–H and O–H groups in total. The Morgan fingerprint density at radius 3 is 2.44 bits per heavy atom. The van der Waals surface area contributed by atoms with Gasteiger partial charge in [0.15, 0.2) is 0 Å². The molecular formula is C13H18N2O. The molecule has 0 saturated carbocycles. The summed E-state index contributed by atoms with van der Waals surface area (Å²) in [6, 6.07) is 9.65. The molecule has 0 spiro atoms. The molecule has 2 atom stereocenters. The minimum absolute atomic E-state index is 0.133. The van der Waals surface area contributed by atoms with Gasteiger partial charge in [-0.3, -0.25) is 0 Å². The van der Waals surface area contributed by atoms with Crippen molar-refractivity contribution in [1.82, 2.24) is 0 Å². The number of hydrogen-bond acceptors (Lipinski definition) is 3. The first kappa shape index (κ1) is 12.7. The summed E-state index contributed by atoms with van der Waals surface area (Å²) in [6.07, 6.45) is 0.883. The average Bonchev–Trinajstić information content (AvgIpc) is 2.31. The second-order valence-corrected chi connectivity index (χ2v) is 4.17. The van der Waals surface area contributed by atoms with Gasteiger partial charge >= 0.3 is 0 Å². The minimum Gasteiger partial charge on any atom is -0.396 e. The minimum atomic E-state index is 0.133. The maximum absolute atomic E-state index is 9.13. The molecule has 0 heterocycles. The molecule has 0 radical (unpaired) electrons. The van der Waals surface area contributed by atoms with Crippen LogP contribution >= 0.6 is 0 Å². The Hall–Kier alpha value is -1.37. The van der Waals surface area contributed by atoms with Crippen molar-refractivity contribution in [2.24, 2.45) is 17.6 Å². The molecule has 1 rings (SSSR count). The van der Waals surface area contributed by atoms with Gasteiger partial charge in [0, 0.05) is 6.61 Å². The van der Waals surface area contributed by atoms with Gasteiger partial charge < -0.3 is 10.8 Å². The predicted octanol–water partition coefficient (Wildman–Crippen LogP) is 1.30. The zero-order valence-electron chi connectivity index (χ0n) is 9.56. The fourth-order valence-electron chi connectivity index (χ4n) is 1.74. The molecule has 0 aliphatic heterocycles. The molecule has 1 aromatic rings. The molecule has 0 aliphatic rings. The maximum atomic E-state index is 9.13. The van der Waals surface area contributed by atoms with Crippen molar-refractivity contribution in [2.75, 3.05) is 13.2 Å². The Labute approximate surface area is 96.5 Å². The SMILES string of the molecule is CC(Cc1ccc(C#N)cc1)C(CN)CO. The van der Waals surface area contributed by atoms with Crippen LogP contribution in [-0.2, 0) is 6.42 Å². The third-order valence-electron chi connectivity index (χ3n) is 2.98. The number of nitriles is 1. The molecule has 3 nitrogen and oxygen atoms in total. The van der Waals surface area contributed by atoms with E-state index in [1.807, 2.05) is 24.3 Å². The van der Waals surface area contributed by atoms with Gasteiger partial charge in [-0.05, 0) is 42.5 Å². The van der Waals surface area contributed by atoms with Crippen LogP contribution in [0.5, 0.6) is 0 Å². The van der Waals surface area contributed by atoms with E-state index >= 15 is 0 Å². The summed E-state index contributed by atoms with van der Waals surface area (Å²) < 4.78 is 0. The van der Waals surface area contributed by atoms with Crippen molar-refractivity contribution < 1.29 is 5.11 Å². The molecule has 0 fully saturated rings. The second-order valence-electron chi connectivity index (χ2n) is 4.17. The van der Waals surface area contributed by atoms with Crippen LogP contribution in [0.4, 0.5) is 0 Å². The average molecular weight is 218 g/mol. The van der Waals surface area contributed by atoms with E-state index in [1.54, 1.807) is 0 Å². The lowest BCUT2D eigenvalue weighted by Gasteiger charge is -2.20. The molecule has 0 amide bonds. The first-order chi connectivity index (χ1) is 7.71. The Morgan fingerprint density at radius 1 is 1.38 bits per heavy atom. The standard InChI is InChI=1S/C13H18N2O/c1-10(13(8-15)9-16)6-11-2-4-12(7-14)5-3-11/h2-5,10,13,16H,6,8-9,15H2,1H3. The first-order valence-electron chi connectivity index (χ1n) is 5.51. The third-order valence-corrected chi connectivity index (χ3v) is 2.98. The highest BCUT2D eigenvalue weighted by atomic mass is 16.3. The van der Waals surface area contributed by atoms with Crippen molar-refractivity contribution >= 4 is 0 Å². The van der Waals surface area contributed by atoms with Crippen molar-refractivity contribution in [1.29, 1.82) is 5.26 Å². The van der Waals surface area contributed by atoms with Gasteiger partial charge in [-0.15, -0.1) is 0 Å². The van der Waals surface area contributed by atoms with Crippen LogP contribution in [0, 0.1) is 23.2 Å². The van der Waals surface area contributed by atoms with E-state index < -0.39 is 0 Å². The number of aliphatic hydroxyl groups is 1. The molecule has 0 aliphatic carbocycles. The van der Waals surface area contributed by atoms with Crippen LogP contribution in [0.3, 0.4) is 0 Å². The van der Waals surface area contributed by atoms with Gasteiger partial charge in [0.1, 0.15) is 0 Å². The van der Waals surface area contributed by atoms with Gasteiger partial charge in [0.25, 0.3) is 0 Å². The van der Waals surface area contributed by atoms with Gasteiger partial charge in [0.05, 0.1) is 11.6 Å². The van der Waals surface area contributed by atoms with Crippen LogP contribution in [0.1, 0.15) is 18.1 Å². The van der Waals surface area contributed by atoms with Crippen molar-refractivity contribution in [3.63, 3.8) is 0 Å². The third kappa shape index (κ3) is 3.34. The van der Waals surface area contributed by atoms with Gasteiger partial charge in [0.2, 0.25) is 0 Å². The van der Waals surface area contributed by atoms with Gasteiger partial charge in [-0.25, -0.2) is 0 Å². The second kappa shape index (κ2) is 6.26. The van der Waals surface area contributed by atoms with E-state index in [0.717, 1.165) is 6.42 Å². The summed E-state index contributed by atoms with van der Waals surface area (Å²) in [7, 11) is 0. The molecule has 0 saturated heterocycles. The molecule has 0 aromatic heterocycles. The highest BCUT2D eigenvalue weighted by Crippen LogP contribution is 2.16. The van der Waals surface area contributed by atoms with E-state index in [9.17, 15) is 0 Å². The lowest BCUT2D eigenvalue weighted by Crippen LogP contribution is -2.26. The van der Waals surface area contributed by atoms with Crippen LogP contribution < -0.4 is 5.73 Å². The maximum Gasteiger partial charge on any atom is 0.0991 e. The quantitative estimate of drug-likeness (QED) is 0.782. The predicted molar refractivity (Wildman–Crippen MR) is 63.7 cm³/mol. The van der Waals surface area contributed by atoms with E-state index in [0.29, 0.717) is 18.0 Å². The normalized spacial score (nSPS) is 14.1. The number of rotatable bonds is 5. The van der Waals surface area contributed by atoms with Gasteiger partial charge in [-0.2, -0.15) is 5.26 Å². The highest BCUT2D eigenvalue weighted by Gasteiger charge is 2.14. The van der Waals surface area contributed by atoms with Crippen molar-refractivity contribution in [3.05, 3.63) is 35.4 Å². The van der Waals surface area contributed by atoms with Crippen LogP contribution in [-0.4, -0.2) is 18.3 Å². The summed E-state index contributed by atoms with van der Waals surface area (Å²) in [6.45, 7) is 2.73. The van der Waals surface area contributed by atoms with E-state index in [4.69, 9.17) is 16.1 Å². The van der Waals surface area contributed by atoms with E-state index in [2.05, 4.69) is 13.0 Å². The summed E-state index contributed by atoms with van der Waals surface area (Å²) in [5, 5.41) is 17.8. The summed E-state index contributed by atoms with van der Waals surface area (Å²) >= 11 is 0.